The molecule has 7 rings (SSSR count). The van der Waals surface area contributed by atoms with Gasteiger partial charge in [-0.25, -0.2) is 4.42 Å². The SMILES string of the molecule is CN[C@@H](C)C(=O)N[C@H](C(=O)N1C[C@@H](NC(=O)c2cccc(C(=O)N[C@H]3C[C@@H](C(=O)N[C@H](C)c4ccccc4)N(C(=O)[C@@H](NC(=O)[C@H](C)N(C)Cl)C4CCCCC4)C3)c2)C[C@H]1C(=O)N[C@H](C)c1ccccc1)C1CCCCC1. The maximum Gasteiger partial charge on any atom is 0.251 e. The first-order chi connectivity index (χ1) is 36.9. The molecule has 0 unspecified atom stereocenters. The van der Waals surface area contributed by atoms with E-state index in [1.807, 2.05) is 74.5 Å². The van der Waals surface area contributed by atoms with E-state index in [4.69, 9.17) is 11.8 Å². The Morgan fingerprint density at radius 3 is 1.34 bits per heavy atom. The topological polar surface area (TPSA) is 230 Å². The van der Waals surface area contributed by atoms with Crippen LogP contribution < -0.4 is 37.2 Å². The van der Waals surface area contributed by atoms with Crippen molar-refractivity contribution in [2.24, 2.45) is 11.8 Å². The van der Waals surface area contributed by atoms with Gasteiger partial charge in [0.25, 0.3) is 11.8 Å². The Kier molecular flexibility index (Phi) is 20.7. The van der Waals surface area contributed by atoms with E-state index in [9.17, 15) is 38.4 Å². The normalized spacial score (nSPS) is 22.4. The minimum atomic E-state index is -0.983. The summed E-state index contributed by atoms with van der Waals surface area (Å²) >= 11 is 6.19. The third-order valence-corrected chi connectivity index (χ3v) is 16.5. The van der Waals surface area contributed by atoms with Gasteiger partial charge in [0.2, 0.25) is 35.4 Å². The van der Waals surface area contributed by atoms with Crippen LogP contribution in [0.4, 0.5) is 0 Å². The Bertz CT molecular complexity index is 2540. The molecule has 0 radical (unpaired) electrons. The van der Waals surface area contributed by atoms with Crippen LogP contribution >= 0.6 is 11.8 Å². The highest BCUT2D eigenvalue weighted by molar-refractivity contribution is 6.14. The van der Waals surface area contributed by atoms with Gasteiger partial charge in [0.05, 0.1) is 18.1 Å². The molecule has 18 nitrogen and oxygen atoms in total. The number of hydrogen-bond acceptors (Lipinski definition) is 10. The number of likely N-dealkylation sites (N-methyl/N-ethyl adjacent to an activating group) is 2. The van der Waals surface area contributed by atoms with E-state index in [2.05, 4.69) is 37.2 Å². The first-order valence-electron chi connectivity index (χ1n) is 27.6. The van der Waals surface area contributed by atoms with Crippen LogP contribution in [0.15, 0.2) is 84.9 Å². The van der Waals surface area contributed by atoms with Gasteiger partial charge in [-0.3, -0.25) is 38.4 Å². The molecule has 416 valence electrons. The number of hydrogen-bond donors (Lipinski definition) is 7. The van der Waals surface area contributed by atoms with Gasteiger partial charge in [0.15, 0.2) is 0 Å². The Morgan fingerprint density at radius 2 is 0.948 bits per heavy atom. The largest absolute Gasteiger partial charge is 0.348 e. The van der Waals surface area contributed by atoms with Crippen LogP contribution in [0.5, 0.6) is 0 Å². The van der Waals surface area contributed by atoms with Crippen molar-refractivity contribution in [2.45, 2.75) is 165 Å². The van der Waals surface area contributed by atoms with E-state index in [1.54, 1.807) is 46.1 Å². The summed E-state index contributed by atoms with van der Waals surface area (Å²) in [4.78, 5) is 117. The van der Waals surface area contributed by atoms with Gasteiger partial charge in [0.1, 0.15) is 30.2 Å². The van der Waals surface area contributed by atoms with Crippen LogP contribution in [0, 0.1) is 11.8 Å². The average molecular weight is 1080 g/mol. The summed E-state index contributed by atoms with van der Waals surface area (Å²) in [5.74, 6) is -3.66. The Labute approximate surface area is 458 Å². The fourth-order valence-corrected chi connectivity index (χ4v) is 11.5. The van der Waals surface area contributed by atoms with E-state index in [1.165, 1.54) is 20.3 Å². The number of halogens is 1. The molecule has 2 heterocycles. The van der Waals surface area contributed by atoms with Crippen molar-refractivity contribution in [2.75, 3.05) is 27.2 Å². The number of amides is 8. The highest BCUT2D eigenvalue weighted by Gasteiger charge is 2.47. The lowest BCUT2D eigenvalue weighted by atomic mass is 9.83. The second kappa shape index (κ2) is 27.3. The molecule has 2 saturated carbocycles. The van der Waals surface area contributed by atoms with Crippen molar-refractivity contribution in [3.05, 3.63) is 107 Å². The molecule has 3 aromatic rings. The molecule has 4 aliphatic rings. The summed E-state index contributed by atoms with van der Waals surface area (Å²) in [6.45, 7) is 7.09. The summed E-state index contributed by atoms with van der Waals surface area (Å²) in [6, 6.07) is 17.9. The molecule has 8 amide bonds. The standard InChI is InChI=1S/C58H79ClN10O8/c1-35(39-20-11-7-12-21-39)61-55(74)47-31-45(33-68(47)57(76)49(41-24-15-9-16-25-41)65-51(70)37(3)60-5)63-53(72)43-28-19-29-44(30-43)54(73)64-46-32-48(56(75)62-36(2)40-22-13-8-14-23-40)69(34-46)58(77)50(42-26-17-10-18-27-42)66-52(71)38(4)67(6)59/h7-8,11-14,19-23,28-30,35-38,41-42,45-50,60H,9-10,15-18,24-27,31-34H2,1-6H3,(H,61,74)(H,62,75)(H,63,72)(H,64,73)(H,65,70)(H,66,71)/t35-,36-,37+,38+,45+,46+,47+,48+,49+,50+/m1/s1. The predicted molar refractivity (Wildman–Crippen MR) is 294 cm³/mol. The number of nitrogens with one attached hydrogen (secondary N) is 7. The molecular formula is C58H79ClN10O8. The van der Waals surface area contributed by atoms with Crippen molar-refractivity contribution in [3.8, 4) is 0 Å². The quantitative estimate of drug-likeness (QED) is 0.0745. The molecule has 19 heteroatoms. The number of carbonyl (C=O) groups is 8. The zero-order chi connectivity index (χ0) is 55.3. The highest BCUT2D eigenvalue weighted by atomic mass is 35.5. The second-order valence-electron chi connectivity index (χ2n) is 21.7. The number of carbonyl (C=O) groups excluding carboxylic acids is 8. The summed E-state index contributed by atoms with van der Waals surface area (Å²) in [6.07, 6.45) is 8.81. The first-order valence-corrected chi connectivity index (χ1v) is 28.0. The molecule has 0 aromatic heterocycles. The van der Waals surface area contributed by atoms with Crippen LogP contribution in [0.2, 0.25) is 0 Å². The molecule has 3 aromatic carbocycles. The molecule has 2 saturated heterocycles. The molecule has 0 bridgehead atoms. The van der Waals surface area contributed by atoms with Crippen molar-refractivity contribution < 1.29 is 38.4 Å². The van der Waals surface area contributed by atoms with Crippen molar-refractivity contribution in [3.63, 3.8) is 0 Å². The van der Waals surface area contributed by atoms with Gasteiger partial charge >= 0.3 is 0 Å². The number of benzene rings is 3. The summed E-state index contributed by atoms with van der Waals surface area (Å²) in [7, 11) is 3.24. The van der Waals surface area contributed by atoms with Crippen molar-refractivity contribution in [1.29, 1.82) is 0 Å². The molecule has 77 heavy (non-hydrogen) atoms. The van der Waals surface area contributed by atoms with E-state index >= 15 is 0 Å². The zero-order valence-corrected chi connectivity index (χ0v) is 46.2. The smallest absolute Gasteiger partial charge is 0.251 e. The third kappa shape index (κ3) is 15.0. The summed E-state index contributed by atoms with van der Waals surface area (Å²) < 4.78 is 1.25. The minimum Gasteiger partial charge on any atom is -0.348 e. The molecule has 7 N–H and O–H groups in total. The van der Waals surface area contributed by atoms with Gasteiger partial charge in [0, 0.05) is 43.3 Å². The molecule has 2 aliphatic carbocycles. The number of rotatable bonds is 20. The maximum absolute atomic E-state index is 14.9. The van der Waals surface area contributed by atoms with E-state index < -0.39 is 83.9 Å². The lowest BCUT2D eigenvalue weighted by Gasteiger charge is -2.35. The van der Waals surface area contributed by atoms with Crippen LogP contribution in [0.1, 0.15) is 149 Å². The highest BCUT2D eigenvalue weighted by Crippen LogP contribution is 2.32. The van der Waals surface area contributed by atoms with Crippen molar-refractivity contribution in [1.82, 2.24) is 51.4 Å². The maximum atomic E-state index is 14.9. The van der Waals surface area contributed by atoms with Gasteiger partial charge < -0.3 is 47.0 Å². The van der Waals surface area contributed by atoms with Crippen LogP contribution in [-0.4, -0.2) is 137 Å². The number of likely N-dealkylation sites (tertiary alicyclic amines) is 2. The fourth-order valence-electron chi connectivity index (χ4n) is 11.4. The third-order valence-electron chi connectivity index (χ3n) is 16.3. The van der Waals surface area contributed by atoms with Gasteiger partial charge in [-0.2, -0.15) is 0 Å². The molecule has 4 fully saturated rings. The van der Waals surface area contributed by atoms with E-state index in [0.717, 1.165) is 75.3 Å². The molecular weight excluding hydrogens is 1000 g/mol. The van der Waals surface area contributed by atoms with E-state index in [-0.39, 0.29) is 72.7 Å². The van der Waals surface area contributed by atoms with Crippen LogP contribution in [0.25, 0.3) is 0 Å². The van der Waals surface area contributed by atoms with Crippen LogP contribution in [0.3, 0.4) is 0 Å². The molecule has 10 atom stereocenters. The predicted octanol–water partition coefficient (Wildman–Crippen LogP) is 5.05. The zero-order valence-electron chi connectivity index (χ0n) is 45.4. The lowest BCUT2D eigenvalue weighted by molar-refractivity contribution is -0.143. The minimum absolute atomic E-state index is 0.00701. The van der Waals surface area contributed by atoms with Gasteiger partial charge in [-0.1, -0.05) is 105 Å². The number of nitrogens with zero attached hydrogens (tertiary/aromatic N) is 3. The first kappa shape index (κ1) is 58.3. The van der Waals surface area contributed by atoms with Crippen LogP contribution in [-0.2, 0) is 28.8 Å². The van der Waals surface area contributed by atoms with Crippen molar-refractivity contribution >= 4 is 59.0 Å². The van der Waals surface area contributed by atoms with Gasteiger partial charge in [-0.05, 0) is 126 Å². The monoisotopic (exact) mass is 1080 g/mol. The van der Waals surface area contributed by atoms with Gasteiger partial charge in [-0.15, -0.1) is 0 Å². The van der Waals surface area contributed by atoms with E-state index in [0.29, 0.717) is 0 Å². The second-order valence-corrected chi connectivity index (χ2v) is 22.2. The summed E-state index contributed by atoms with van der Waals surface area (Å²) in [5, 5.41) is 21.2. The Hall–Kier alpha value is -6.37. The molecule has 0 spiro atoms. The average Bonchev–Trinajstić information content (AvgIpc) is 4.09. The summed E-state index contributed by atoms with van der Waals surface area (Å²) in [5.41, 5.74) is 2.07. The Morgan fingerprint density at radius 1 is 0.545 bits per heavy atom. The fraction of sp³-hybridized carbons (Fsp3) is 0.552. The Balaban J connectivity index is 1.08. The molecule has 2 aliphatic heterocycles. The lowest BCUT2D eigenvalue weighted by Crippen LogP contribution is -2.58.